The molecule has 1 aliphatic heterocycles. The van der Waals surface area contributed by atoms with Crippen molar-refractivity contribution in [2.45, 2.75) is 53.0 Å². The Hall–Kier alpha value is -1.43. The molecular weight excluding hydrogens is 280 g/mol. The standard InChI is InChI=1S/C16H28N4O2/c1-4-6-15-18-14(19-22-15)11-20-8-5-7-13(10-20)9-17-16(21)12(2)3/h12-13H,4-11H2,1-3H3,(H,17,21)/t13-/m0/s1. The van der Waals surface area contributed by atoms with Crippen molar-refractivity contribution in [1.29, 1.82) is 0 Å². The molecular formula is C16H28N4O2. The summed E-state index contributed by atoms with van der Waals surface area (Å²) in [6.45, 7) is 9.49. The average Bonchev–Trinajstić information content (AvgIpc) is 2.92. The van der Waals surface area contributed by atoms with Crippen LogP contribution in [-0.4, -0.2) is 40.6 Å². The summed E-state index contributed by atoms with van der Waals surface area (Å²) in [5.74, 6) is 2.21. The zero-order chi connectivity index (χ0) is 15.9. The summed E-state index contributed by atoms with van der Waals surface area (Å²) in [7, 11) is 0. The number of carbonyl (C=O) groups excluding carboxylic acids is 1. The molecule has 1 saturated heterocycles. The van der Waals surface area contributed by atoms with Crippen molar-refractivity contribution in [2.24, 2.45) is 11.8 Å². The number of aromatic nitrogens is 2. The molecule has 2 rings (SSSR count). The van der Waals surface area contributed by atoms with Gasteiger partial charge in [-0.25, -0.2) is 0 Å². The molecule has 0 aromatic carbocycles. The third-order valence-electron chi connectivity index (χ3n) is 4.03. The topological polar surface area (TPSA) is 71.3 Å². The molecule has 2 heterocycles. The van der Waals surface area contributed by atoms with E-state index < -0.39 is 0 Å². The fourth-order valence-corrected chi connectivity index (χ4v) is 2.78. The molecule has 1 N–H and O–H groups in total. The third-order valence-corrected chi connectivity index (χ3v) is 4.03. The van der Waals surface area contributed by atoms with Crippen LogP contribution in [0.15, 0.2) is 4.52 Å². The van der Waals surface area contributed by atoms with Gasteiger partial charge in [-0.3, -0.25) is 9.69 Å². The molecule has 1 atom stereocenters. The Kier molecular flexibility index (Phi) is 6.36. The number of hydrogen-bond acceptors (Lipinski definition) is 5. The van der Waals surface area contributed by atoms with E-state index in [1.54, 1.807) is 0 Å². The van der Waals surface area contributed by atoms with Gasteiger partial charge in [0.15, 0.2) is 5.82 Å². The van der Waals surface area contributed by atoms with Gasteiger partial charge in [0.05, 0.1) is 6.54 Å². The second kappa shape index (κ2) is 8.27. The Bertz CT molecular complexity index is 472. The van der Waals surface area contributed by atoms with Gasteiger partial charge in [-0.05, 0) is 31.7 Å². The number of likely N-dealkylation sites (tertiary alicyclic amines) is 1. The Balaban J connectivity index is 1.78. The minimum absolute atomic E-state index is 0.0519. The third kappa shape index (κ3) is 5.09. The highest BCUT2D eigenvalue weighted by molar-refractivity contribution is 5.77. The molecule has 0 saturated carbocycles. The highest BCUT2D eigenvalue weighted by Gasteiger charge is 2.22. The summed E-state index contributed by atoms with van der Waals surface area (Å²) in [4.78, 5) is 18.4. The minimum Gasteiger partial charge on any atom is -0.356 e. The lowest BCUT2D eigenvalue weighted by molar-refractivity contribution is -0.124. The summed E-state index contributed by atoms with van der Waals surface area (Å²) in [5, 5.41) is 7.10. The quantitative estimate of drug-likeness (QED) is 0.834. The fourth-order valence-electron chi connectivity index (χ4n) is 2.78. The maximum Gasteiger partial charge on any atom is 0.226 e. The number of amides is 1. The molecule has 124 valence electrons. The summed E-state index contributed by atoms with van der Waals surface area (Å²) in [5.41, 5.74) is 0. The van der Waals surface area contributed by atoms with Crippen LogP contribution < -0.4 is 5.32 Å². The van der Waals surface area contributed by atoms with E-state index in [0.29, 0.717) is 5.92 Å². The van der Waals surface area contributed by atoms with Crippen molar-refractivity contribution in [3.8, 4) is 0 Å². The van der Waals surface area contributed by atoms with Crippen LogP contribution in [-0.2, 0) is 17.8 Å². The zero-order valence-electron chi connectivity index (χ0n) is 14.0. The Morgan fingerprint density at radius 1 is 1.50 bits per heavy atom. The first-order chi connectivity index (χ1) is 10.6. The smallest absolute Gasteiger partial charge is 0.226 e. The molecule has 1 aromatic heterocycles. The minimum atomic E-state index is 0.0519. The summed E-state index contributed by atoms with van der Waals surface area (Å²) >= 11 is 0. The molecule has 1 aromatic rings. The van der Waals surface area contributed by atoms with Crippen LogP contribution in [0.5, 0.6) is 0 Å². The van der Waals surface area contributed by atoms with Crippen LogP contribution in [0.4, 0.5) is 0 Å². The predicted octanol–water partition coefficient (Wildman–Crippen LogP) is 2.01. The number of nitrogens with zero attached hydrogens (tertiary/aromatic N) is 3. The first-order valence-electron chi connectivity index (χ1n) is 8.40. The monoisotopic (exact) mass is 308 g/mol. The van der Waals surface area contributed by atoms with E-state index >= 15 is 0 Å². The number of rotatable bonds is 7. The summed E-state index contributed by atoms with van der Waals surface area (Å²) in [6.07, 6.45) is 4.18. The lowest BCUT2D eigenvalue weighted by atomic mass is 9.97. The van der Waals surface area contributed by atoms with E-state index in [0.717, 1.165) is 57.2 Å². The van der Waals surface area contributed by atoms with Gasteiger partial charge in [-0.1, -0.05) is 25.9 Å². The van der Waals surface area contributed by atoms with Crippen LogP contribution in [0.3, 0.4) is 0 Å². The Labute approximate surface area is 132 Å². The second-order valence-electron chi connectivity index (χ2n) is 6.50. The van der Waals surface area contributed by atoms with Gasteiger partial charge in [0.1, 0.15) is 0 Å². The molecule has 0 unspecified atom stereocenters. The SMILES string of the molecule is CCCc1nc(CN2CCC[C@@H](CNC(=O)C(C)C)C2)no1. The van der Waals surface area contributed by atoms with Crippen molar-refractivity contribution >= 4 is 5.91 Å². The second-order valence-corrected chi connectivity index (χ2v) is 6.50. The molecule has 0 radical (unpaired) electrons. The van der Waals surface area contributed by atoms with Crippen molar-refractivity contribution in [2.75, 3.05) is 19.6 Å². The van der Waals surface area contributed by atoms with Gasteiger partial charge in [0, 0.05) is 25.4 Å². The van der Waals surface area contributed by atoms with Crippen LogP contribution in [0, 0.1) is 11.8 Å². The van der Waals surface area contributed by atoms with Crippen molar-refractivity contribution in [1.82, 2.24) is 20.4 Å². The number of piperidine rings is 1. The molecule has 6 nitrogen and oxygen atoms in total. The van der Waals surface area contributed by atoms with E-state index in [1.807, 2.05) is 13.8 Å². The molecule has 0 spiro atoms. The number of carbonyl (C=O) groups is 1. The summed E-state index contributed by atoms with van der Waals surface area (Å²) in [6, 6.07) is 0. The van der Waals surface area contributed by atoms with Gasteiger partial charge in [0.25, 0.3) is 0 Å². The highest BCUT2D eigenvalue weighted by Crippen LogP contribution is 2.17. The first-order valence-corrected chi connectivity index (χ1v) is 8.40. The van der Waals surface area contributed by atoms with Crippen molar-refractivity contribution < 1.29 is 9.32 Å². The molecule has 0 bridgehead atoms. The summed E-state index contributed by atoms with van der Waals surface area (Å²) < 4.78 is 5.23. The van der Waals surface area contributed by atoms with Gasteiger partial charge in [0.2, 0.25) is 11.8 Å². The molecule has 22 heavy (non-hydrogen) atoms. The van der Waals surface area contributed by atoms with Crippen LogP contribution in [0.25, 0.3) is 0 Å². The van der Waals surface area contributed by atoms with Crippen molar-refractivity contribution in [3.63, 3.8) is 0 Å². The maximum atomic E-state index is 11.7. The lowest BCUT2D eigenvalue weighted by Crippen LogP contribution is -2.41. The maximum absolute atomic E-state index is 11.7. The van der Waals surface area contributed by atoms with Gasteiger partial charge < -0.3 is 9.84 Å². The highest BCUT2D eigenvalue weighted by atomic mass is 16.5. The van der Waals surface area contributed by atoms with Gasteiger partial charge in [-0.2, -0.15) is 4.98 Å². The number of aryl methyl sites for hydroxylation is 1. The van der Waals surface area contributed by atoms with Gasteiger partial charge >= 0.3 is 0 Å². The van der Waals surface area contributed by atoms with Crippen LogP contribution in [0.1, 0.15) is 51.7 Å². The molecule has 6 heteroatoms. The van der Waals surface area contributed by atoms with Crippen LogP contribution in [0.2, 0.25) is 0 Å². The van der Waals surface area contributed by atoms with E-state index in [9.17, 15) is 4.79 Å². The van der Waals surface area contributed by atoms with Gasteiger partial charge in [-0.15, -0.1) is 0 Å². The number of hydrogen-bond donors (Lipinski definition) is 1. The molecule has 1 fully saturated rings. The van der Waals surface area contributed by atoms with E-state index in [-0.39, 0.29) is 11.8 Å². The zero-order valence-corrected chi connectivity index (χ0v) is 14.0. The average molecular weight is 308 g/mol. The van der Waals surface area contributed by atoms with Crippen LogP contribution >= 0.6 is 0 Å². The Morgan fingerprint density at radius 2 is 2.32 bits per heavy atom. The molecule has 0 aliphatic carbocycles. The van der Waals surface area contributed by atoms with E-state index in [4.69, 9.17) is 4.52 Å². The van der Waals surface area contributed by atoms with E-state index in [2.05, 4.69) is 27.3 Å². The van der Waals surface area contributed by atoms with E-state index in [1.165, 1.54) is 6.42 Å². The van der Waals surface area contributed by atoms with Crippen molar-refractivity contribution in [3.05, 3.63) is 11.7 Å². The largest absolute Gasteiger partial charge is 0.356 e. The molecule has 1 aliphatic rings. The first kappa shape index (κ1) is 16.9. The fraction of sp³-hybridized carbons (Fsp3) is 0.812. The predicted molar refractivity (Wildman–Crippen MR) is 84.1 cm³/mol. The number of nitrogens with one attached hydrogen (secondary N) is 1. The lowest BCUT2D eigenvalue weighted by Gasteiger charge is -2.32. The molecule has 1 amide bonds. The Morgan fingerprint density at radius 3 is 3.05 bits per heavy atom. The normalized spacial score (nSPS) is 19.5.